The Morgan fingerprint density at radius 1 is 0.879 bits per heavy atom. The fourth-order valence-corrected chi connectivity index (χ4v) is 4.70. The van der Waals surface area contributed by atoms with E-state index in [1.165, 1.54) is 5.56 Å². The first-order valence-corrected chi connectivity index (χ1v) is 11.3. The standard InChI is InChI=1S/C28H26N4O/c1-18-16-32(17-19(2)33-18)27-12-11-23(14-30-27)26-15-31-28-24(20(26)3)5-4-6-25(28)22-9-7-21(13-29)8-10-22/h4-12,14-15,18-19H,16-17H2,1-3H3/t18-,19+. The summed E-state index contributed by atoms with van der Waals surface area (Å²) in [7, 11) is 0. The Morgan fingerprint density at radius 3 is 2.27 bits per heavy atom. The number of pyridine rings is 2. The van der Waals surface area contributed by atoms with E-state index in [0.717, 1.165) is 52.1 Å². The molecule has 1 aliphatic heterocycles. The summed E-state index contributed by atoms with van der Waals surface area (Å²) in [6.45, 7) is 8.05. The number of hydrogen-bond acceptors (Lipinski definition) is 5. The molecule has 0 spiro atoms. The van der Waals surface area contributed by atoms with Crippen molar-refractivity contribution in [2.45, 2.75) is 33.0 Å². The lowest BCUT2D eigenvalue weighted by Gasteiger charge is -2.36. The van der Waals surface area contributed by atoms with Crippen LogP contribution < -0.4 is 4.90 Å². The second-order valence-electron chi connectivity index (χ2n) is 8.76. The third-order valence-electron chi connectivity index (χ3n) is 6.29. The van der Waals surface area contributed by atoms with Crippen LogP contribution in [-0.2, 0) is 4.74 Å². The summed E-state index contributed by atoms with van der Waals surface area (Å²) < 4.78 is 5.85. The average Bonchev–Trinajstić information content (AvgIpc) is 2.84. The first kappa shape index (κ1) is 21.1. The molecule has 4 aromatic rings. The second-order valence-corrected chi connectivity index (χ2v) is 8.76. The summed E-state index contributed by atoms with van der Waals surface area (Å²) in [5.41, 5.74) is 7.06. The van der Waals surface area contributed by atoms with E-state index in [0.29, 0.717) is 5.56 Å². The Bertz CT molecular complexity index is 1330. The monoisotopic (exact) mass is 434 g/mol. The Balaban J connectivity index is 1.49. The Kier molecular flexibility index (Phi) is 5.53. The average molecular weight is 435 g/mol. The number of anilines is 1. The molecule has 0 aliphatic carbocycles. The van der Waals surface area contributed by atoms with Gasteiger partial charge < -0.3 is 9.64 Å². The summed E-state index contributed by atoms with van der Waals surface area (Å²) >= 11 is 0. The molecular weight excluding hydrogens is 408 g/mol. The molecule has 2 aromatic heterocycles. The van der Waals surface area contributed by atoms with Crippen molar-refractivity contribution in [3.05, 3.63) is 78.1 Å². The highest BCUT2D eigenvalue weighted by molar-refractivity contribution is 5.98. The number of fused-ring (bicyclic) bond motifs is 1. The van der Waals surface area contributed by atoms with Gasteiger partial charge in [0.25, 0.3) is 0 Å². The SMILES string of the molecule is Cc1c(-c2ccc(N3C[C@@H](C)O[C@@H](C)C3)nc2)cnc2c(-c3ccc(C#N)cc3)cccc12. The first-order valence-electron chi connectivity index (χ1n) is 11.3. The van der Waals surface area contributed by atoms with Gasteiger partial charge in [-0.3, -0.25) is 4.98 Å². The normalized spacial score (nSPS) is 18.3. The summed E-state index contributed by atoms with van der Waals surface area (Å²) in [6, 6.07) is 20.3. The minimum atomic E-state index is 0.201. The number of hydrogen-bond donors (Lipinski definition) is 0. The van der Waals surface area contributed by atoms with Gasteiger partial charge in [0.1, 0.15) is 5.82 Å². The highest BCUT2D eigenvalue weighted by atomic mass is 16.5. The molecule has 5 heteroatoms. The zero-order valence-electron chi connectivity index (χ0n) is 19.1. The molecule has 33 heavy (non-hydrogen) atoms. The molecule has 0 saturated carbocycles. The second kappa shape index (κ2) is 8.65. The number of nitriles is 1. The van der Waals surface area contributed by atoms with Crippen molar-refractivity contribution < 1.29 is 4.74 Å². The molecule has 0 N–H and O–H groups in total. The first-order chi connectivity index (χ1) is 16.0. The van der Waals surface area contributed by atoms with E-state index in [9.17, 15) is 0 Å². The largest absolute Gasteiger partial charge is 0.372 e. The Hall–Kier alpha value is -3.75. The van der Waals surface area contributed by atoms with E-state index in [1.807, 2.05) is 36.7 Å². The molecule has 5 nitrogen and oxygen atoms in total. The molecular formula is C28H26N4O. The fourth-order valence-electron chi connectivity index (χ4n) is 4.70. The zero-order valence-corrected chi connectivity index (χ0v) is 19.1. The van der Waals surface area contributed by atoms with Gasteiger partial charge in [0.05, 0.1) is 29.4 Å². The molecule has 5 rings (SSSR count). The van der Waals surface area contributed by atoms with Crippen LogP contribution in [0.4, 0.5) is 5.82 Å². The Labute approximate surface area is 194 Å². The van der Waals surface area contributed by atoms with Crippen molar-refractivity contribution in [2.75, 3.05) is 18.0 Å². The van der Waals surface area contributed by atoms with E-state index in [4.69, 9.17) is 20.0 Å². The molecule has 164 valence electrons. The molecule has 1 fully saturated rings. The van der Waals surface area contributed by atoms with Gasteiger partial charge in [0.15, 0.2) is 0 Å². The van der Waals surface area contributed by atoms with Gasteiger partial charge in [0, 0.05) is 47.6 Å². The molecule has 1 saturated heterocycles. The van der Waals surface area contributed by atoms with E-state index in [1.54, 1.807) is 0 Å². The molecule has 0 radical (unpaired) electrons. The van der Waals surface area contributed by atoms with Crippen molar-refractivity contribution in [3.63, 3.8) is 0 Å². The maximum absolute atomic E-state index is 9.08. The highest BCUT2D eigenvalue weighted by Crippen LogP contribution is 2.34. The van der Waals surface area contributed by atoms with Crippen molar-refractivity contribution >= 4 is 16.7 Å². The van der Waals surface area contributed by atoms with Crippen LogP contribution in [0.5, 0.6) is 0 Å². The van der Waals surface area contributed by atoms with Crippen LogP contribution in [-0.4, -0.2) is 35.3 Å². The van der Waals surface area contributed by atoms with Crippen molar-refractivity contribution in [1.82, 2.24) is 9.97 Å². The van der Waals surface area contributed by atoms with Crippen molar-refractivity contribution in [2.24, 2.45) is 0 Å². The van der Waals surface area contributed by atoms with Crippen molar-refractivity contribution in [3.8, 4) is 28.3 Å². The number of rotatable bonds is 3. The van der Waals surface area contributed by atoms with Crippen LogP contribution in [0.15, 0.2) is 67.0 Å². The maximum Gasteiger partial charge on any atom is 0.128 e. The summed E-state index contributed by atoms with van der Waals surface area (Å²) in [6.07, 6.45) is 4.29. The number of ether oxygens (including phenoxy) is 1. The van der Waals surface area contributed by atoms with Crippen LogP contribution in [0, 0.1) is 18.3 Å². The van der Waals surface area contributed by atoms with Crippen LogP contribution >= 0.6 is 0 Å². The molecule has 1 aliphatic rings. The van der Waals surface area contributed by atoms with Gasteiger partial charge in [0.2, 0.25) is 0 Å². The van der Waals surface area contributed by atoms with Gasteiger partial charge in [-0.2, -0.15) is 5.26 Å². The third kappa shape index (κ3) is 4.06. The van der Waals surface area contributed by atoms with Crippen LogP contribution in [0.3, 0.4) is 0 Å². The van der Waals surface area contributed by atoms with E-state index in [-0.39, 0.29) is 12.2 Å². The van der Waals surface area contributed by atoms with Gasteiger partial charge in [-0.1, -0.05) is 30.3 Å². The quantitative estimate of drug-likeness (QED) is 0.410. The van der Waals surface area contributed by atoms with Gasteiger partial charge >= 0.3 is 0 Å². The van der Waals surface area contributed by atoms with Gasteiger partial charge in [-0.05, 0) is 56.2 Å². The minimum Gasteiger partial charge on any atom is -0.372 e. The van der Waals surface area contributed by atoms with E-state index >= 15 is 0 Å². The molecule has 2 atom stereocenters. The van der Waals surface area contributed by atoms with Crippen LogP contribution in [0.1, 0.15) is 25.0 Å². The summed E-state index contributed by atoms with van der Waals surface area (Å²) in [5, 5.41) is 10.2. The van der Waals surface area contributed by atoms with Crippen LogP contribution in [0.2, 0.25) is 0 Å². The zero-order chi connectivity index (χ0) is 22.9. The lowest BCUT2D eigenvalue weighted by atomic mass is 9.95. The van der Waals surface area contributed by atoms with Gasteiger partial charge in [-0.15, -0.1) is 0 Å². The lowest BCUT2D eigenvalue weighted by Crippen LogP contribution is -2.45. The maximum atomic E-state index is 9.08. The third-order valence-corrected chi connectivity index (χ3v) is 6.29. The predicted octanol–water partition coefficient (Wildman–Crippen LogP) is 5.76. The number of aryl methyl sites for hydroxylation is 1. The summed E-state index contributed by atoms with van der Waals surface area (Å²) in [4.78, 5) is 11.9. The topological polar surface area (TPSA) is 62.0 Å². The molecule has 0 bridgehead atoms. The minimum absolute atomic E-state index is 0.201. The molecule has 0 unspecified atom stereocenters. The number of aromatic nitrogens is 2. The van der Waals surface area contributed by atoms with E-state index in [2.05, 4.69) is 62.1 Å². The number of para-hydroxylation sites is 1. The van der Waals surface area contributed by atoms with Crippen LogP contribution in [0.25, 0.3) is 33.2 Å². The lowest BCUT2D eigenvalue weighted by molar-refractivity contribution is -0.00545. The smallest absolute Gasteiger partial charge is 0.128 e. The predicted molar refractivity (Wildman–Crippen MR) is 132 cm³/mol. The van der Waals surface area contributed by atoms with Crippen molar-refractivity contribution in [1.29, 1.82) is 5.26 Å². The number of nitrogens with zero attached hydrogens (tertiary/aromatic N) is 4. The number of morpholine rings is 1. The fraction of sp³-hybridized carbons (Fsp3) is 0.250. The number of benzene rings is 2. The molecule has 0 amide bonds. The van der Waals surface area contributed by atoms with Gasteiger partial charge in [-0.25, -0.2) is 4.98 Å². The summed E-state index contributed by atoms with van der Waals surface area (Å²) in [5.74, 6) is 0.982. The molecule has 2 aromatic carbocycles. The highest BCUT2D eigenvalue weighted by Gasteiger charge is 2.23. The van der Waals surface area contributed by atoms with E-state index < -0.39 is 0 Å². The molecule has 3 heterocycles. The Morgan fingerprint density at radius 2 is 1.61 bits per heavy atom.